The van der Waals surface area contributed by atoms with Crippen LogP contribution in [-0.4, -0.2) is 24.0 Å². The molecule has 3 fully saturated rings. The van der Waals surface area contributed by atoms with E-state index in [1.807, 2.05) is 0 Å². The summed E-state index contributed by atoms with van der Waals surface area (Å²) in [7, 11) is 0. The van der Waals surface area contributed by atoms with Gasteiger partial charge in [-0.25, -0.2) is 0 Å². The van der Waals surface area contributed by atoms with E-state index in [9.17, 15) is 9.59 Å². The maximum absolute atomic E-state index is 11.6. The molecular weight excluding hydrogens is 316 g/mol. The molecule has 25 heavy (non-hydrogen) atoms. The normalized spacial score (nSPS) is 44.2. The fourth-order valence-corrected chi connectivity index (χ4v) is 6.43. The SMILES string of the molecule is CC(=O)OC1CCC2(C)C(CCC(C)C23CCC(=CC=O)O3)C1(C)C. The molecule has 0 amide bonds. The first kappa shape index (κ1) is 18.5. The van der Waals surface area contributed by atoms with Crippen LogP contribution in [0.15, 0.2) is 11.8 Å². The van der Waals surface area contributed by atoms with Crippen molar-refractivity contribution in [1.82, 2.24) is 0 Å². The van der Waals surface area contributed by atoms with Crippen LogP contribution in [-0.2, 0) is 19.1 Å². The van der Waals surface area contributed by atoms with Gasteiger partial charge in [0.05, 0.1) is 0 Å². The molecule has 3 rings (SSSR count). The van der Waals surface area contributed by atoms with E-state index in [4.69, 9.17) is 9.47 Å². The van der Waals surface area contributed by atoms with Crippen LogP contribution in [0.25, 0.3) is 0 Å². The van der Waals surface area contributed by atoms with E-state index < -0.39 is 0 Å². The molecule has 3 aliphatic rings. The van der Waals surface area contributed by atoms with Crippen LogP contribution in [0.3, 0.4) is 0 Å². The van der Waals surface area contributed by atoms with Crippen LogP contribution in [0.5, 0.6) is 0 Å². The zero-order valence-corrected chi connectivity index (χ0v) is 16.3. The van der Waals surface area contributed by atoms with E-state index >= 15 is 0 Å². The molecule has 1 saturated heterocycles. The van der Waals surface area contributed by atoms with Gasteiger partial charge in [-0.3, -0.25) is 9.59 Å². The van der Waals surface area contributed by atoms with Gasteiger partial charge in [-0.1, -0.05) is 27.7 Å². The lowest BCUT2D eigenvalue weighted by Gasteiger charge is -2.64. The number of aldehydes is 1. The Hall–Kier alpha value is -1.32. The third-order valence-electron chi connectivity index (χ3n) is 7.69. The molecule has 1 spiro atoms. The van der Waals surface area contributed by atoms with Gasteiger partial charge in [0.25, 0.3) is 0 Å². The molecule has 1 aliphatic heterocycles. The van der Waals surface area contributed by atoms with Crippen molar-refractivity contribution >= 4 is 12.3 Å². The van der Waals surface area contributed by atoms with E-state index in [-0.39, 0.29) is 28.5 Å². The minimum atomic E-state index is -0.205. The summed E-state index contributed by atoms with van der Waals surface area (Å²) in [6.07, 6.45) is 8.36. The highest BCUT2D eigenvalue weighted by Gasteiger charge is 2.66. The number of hydrogen-bond acceptors (Lipinski definition) is 4. The highest BCUT2D eigenvalue weighted by atomic mass is 16.5. The largest absolute Gasteiger partial charge is 0.491 e. The highest BCUT2D eigenvalue weighted by Crippen LogP contribution is 2.67. The van der Waals surface area contributed by atoms with E-state index in [1.54, 1.807) is 6.08 Å². The van der Waals surface area contributed by atoms with Crippen LogP contribution in [0.1, 0.15) is 73.1 Å². The Labute approximate surface area is 151 Å². The number of rotatable bonds is 2. The molecule has 5 unspecified atom stereocenters. The second-order valence-electron chi connectivity index (χ2n) is 9.17. The first-order valence-corrected chi connectivity index (χ1v) is 9.68. The molecule has 2 aliphatic carbocycles. The van der Waals surface area contributed by atoms with Crippen LogP contribution < -0.4 is 0 Å². The number of carbonyl (C=O) groups is 2. The standard InChI is InChI=1S/C21H32O4/c1-14-6-7-17-19(3,4)18(24-15(2)23)9-11-20(17,5)21(14)12-8-16(25-21)10-13-22/h10,13-14,17-18H,6-9,11-12H2,1-5H3. The molecule has 0 aromatic heterocycles. The number of fused-ring (bicyclic) bond motifs is 2. The summed E-state index contributed by atoms with van der Waals surface area (Å²) in [6.45, 7) is 10.7. The van der Waals surface area contributed by atoms with Crippen molar-refractivity contribution in [3.05, 3.63) is 11.8 Å². The zero-order valence-electron chi connectivity index (χ0n) is 16.3. The van der Waals surface area contributed by atoms with Crippen molar-refractivity contribution in [2.75, 3.05) is 0 Å². The molecule has 1 heterocycles. The van der Waals surface area contributed by atoms with Crippen LogP contribution in [0.2, 0.25) is 0 Å². The third-order valence-corrected chi connectivity index (χ3v) is 7.69. The second kappa shape index (κ2) is 6.14. The summed E-state index contributed by atoms with van der Waals surface area (Å²) >= 11 is 0. The summed E-state index contributed by atoms with van der Waals surface area (Å²) in [6, 6.07) is 0. The number of carbonyl (C=O) groups excluding carboxylic acids is 2. The van der Waals surface area contributed by atoms with E-state index in [0.29, 0.717) is 11.8 Å². The molecule has 0 radical (unpaired) electrons. The first-order valence-electron chi connectivity index (χ1n) is 9.68. The number of ether oxygens (including phenoxy) is 2. The number of hydrogen-bond donors (Lipinski definition) is 0. The van der Waals surface area contributed by atoms with Crippen molar-refractivity contribution in [1.29, 1.82) is 0 Å². The van der Waals surface area contributed by atoms with Crippen LogP contribution >= 0.6 is 0 Å². The molecule has 4 heteroatoms. The Morgan fingerprint density at radius 1 is 1.20 bits per heavy atom. The second-order valence-corrected chi connectivity index (χ2v) is 9.17. The lowest BCUT2D eigenvalue weighted by molar-refractivity contribution is -0.230. The highest BCUT2D eigenvalue weighted by molar-refractivity contribution is 5.66. The summed E-state index contributed by atoms with van der Waals surface area (Å²) in [5.41, 5.74) is -0.251. The predicted molar refractivity (Wildman–Crippen MR) is 95.8 cm³/mol. The smallest absolute Gasteiger partial charge is 0.302 e. The average molecular weight is 348 g/mol. The van der Waals surface area contributed by atoms with Gasteiger partial charge in [0.1, 0.15) is 23.8 Å². The maximum atomic E-state index is 11.6. The predicted octanol–water partition coefficient (Wildman–Crippen LogP) is 4.42. The van der Waals surface area contributed by atoms with Gasteiger partial charge in [-0.05, 0) is 43.9 Å². The molecule has 0 aromatic carbocycles. The summed E-state index contributed by atoms with van der Waals surface area (Å²) in [5, 5.41) is 0. The van der Waals surface area contributed by atoms with Gasteiger partial charge in [-0.2, -0.15) is 0 Å². The fraction of sp³-hybridized carbons (Fsp3) is 0.810. The quantitative estimate of drug-likeness (QED) is 0.421. The Morgan fingerprint density at radius 2 is 1.92 bits per heavy atom. The molecule has 0 N–H and O–H groups in total. The van der Waals surface area contributed by atoms with Crippen molar-refractivity contribution in [3.63, 3.8) is 0 Å². The fourth-order valence-electron chi connectivity index (χ4n) is 6.43. The third kappa shape index (κ3) is 2.63. The van der Waals surface area contributed by atoms with Crippen LogP contribution in [0, 0.1) is 22.7 Å². The Kier molecular flexibility index (Phi) is 4.53. The van der Waals surface area contributed by atoms with E-state index in [0.717, 1.165) is 50.6 Å². The topological polar surface area (TPSA) is 52.6 Å². The number of allylic oxidation sites excluding steroid dienone is 2. The average Bonchev–Trinajstić information content (AvgIpc) is 2.94. The van der Waals surface area contributed by atoms with Crippen molar-refractivity contribution in [3.8, 4) is 0 Å². The maximum Gasteiger partial charge on any atom is 0.302 e. The molecule has 5 atom stereocenters. The van der Waals surface area contributed by atoms with E-state index in [2.05, 4.69) is 27.7 Å². The van der Waals surface area contributed by atoms with Gasteiger partial charge in [0, 0.05) is 30.3 Å². The summed E-state index contributed by atoms with van der Waals surface area (Å²) in [4.78, 5) is 22.5. The van der Waals surface area contributed by atoms with Gasteiger partial charge in [0.15, 0.2) is 0 Å². The van der Waals surface area contributed by atoms with Crippen LogP contribution in [0.4, 0.5) is 0 Å². The molecule has 0 aromatic rings. The lowest BCUT2D eigenvalue weighted by atomic mass is 9.44. The lowest BCUT2D eigenvalue weighted by Crippen LogP contribution is -2.64. The Balaban J connectivity index is 1.97. The summed E-state index contributed by atoms with van der Waals surface area (Å²) in [5.74, 6) is 1.55. The van der Waals surface area contributed by atoms with E-state index in [1.165, 1.54) is 6.92 Å². The van der Waals surface area contributed by atoms with Gasteiger partial charge in [-0.15, -0.1) is 0 Å². The molecular formula is C21H32O4. The van der Waals surface area contributed by atoms with Crippen molar-refractivity contribution in [2.24, 2.45) is 22.7 Å². The molecule has 4 nitrogen and oxygen atoms in total. The molecule has 0 bridgehead atoms. The van der Waals surface area contributed by atoms with Gasteiger partial charge < -0.3 is 9.47 Å². The molecule has 2 saturated carbocycles. The zero-order chi connectivity index (χ0) is 18.5. The van der Waals surface area contributed by atoms with Crippen molar-refractivity contribution < 1.29 is 19.1 Å². The summed E-state index contributed by atoms with van der Waals surface area (Å²) < 4.78 is 12.2. The number of esters is 1. The Morgan fingerprint density at radius 3 is 2.56 bits per heavy atom. The van der Waals surface area contributed by atoms with Gasteiger partial charge >= 0.3 is 5.97 Å². The van der Waals surface area contributed by atoms with Gasteiger partial charge in [0.2, 0.25) is 0 Å². The Bertz CT molecular complexity index is 593. The minimum absolute atomic E-state index is 0.0279. The monoisotopic (exact) mass is 348 g/mol. The first-order chi connectivity index (χ1) is 11.7. The minimum Gasteiger partial charge on any atom is -0.491 e. The molecule has 140 valence electrons. The van der Waals surface area contributed by atoms with Crippen molar-refractivity contribution in [2.45, 2.75) is 84.8 Å².